The molecule has 0 amide bonds. The van der Waals surface area contributed by atoms with Gasteiger partial charge in [0.2, 0.25) is 0 Å². The molecule has 1 aliphatic rings. The van der Waals surface area contributed by atoms with E-state index in [1.165, 1.54) is 6.07 Å². The third-order valence-electron chi connectivity index (χ3n) is 4.04. The van der Waals surface area contributed by atoms with Gasteiger partial charge < -0.3 is 10.1 Å². The Balaban J connectivity index is 1.98. The Kier molecular flexibility index (Phi) is 5.04. The fourth-order valence-corrected chi connectivity index (χ4v) is 4.39. The van der Waals surface area contributed by atoms with Gasteiger partial charge in [-0.2, -0.15) is 0 Å². The average Bonchev–Trinajstić information content (AvgIpc) is 2.56. The lowest BCUT2D eigenvalue weighted by molar-refractivity contribution is 0.201. The molecule has 2 aromatic rings. The third-order valence-corrected chi connectivity index (χ3v) is 6.10. The second kappa shape index (κ2) is 6.94. The standard InChI is InChI=1S/C17H18Cl2N2O3S/c1-3-12-9-20-15-7-13(19)17(8-16(15)24-12)25(22,23)21-14-6-11(18)5-4-10(14)2/h4-8,12,20-21H,3,9H2,1-2H3. The molecule has 2 aromatic carbocycles. The van der Waals surface area contributed by atoms with Crippen LogP contribution in [0.15, 0.2) is 35.2 Å². The molecule has 0 spiro atoms. The molecule has 5 nitrogen and oxygen atoms in total. The van der Waals surface area contributed by atoms with E-state index >= 15 is 0 Å². The van der Waals surface area contributed by atoms with E-state index in [4.69, 9.17) is 27.9 Å². The normalized spacial score (nSPS) is 16.6. The smallest absolute Gasteiger partial charge is 0.263 e. The van der Waals surface area contributed by atoms with Crippen LogP contribution in [0.1, 0.15) is 18.9 Å². The van der Waals surface area contributed by atoms with Gasteiger partial charge in [0.05, 0.1) is 22.9 Å². The minimum absolute atomic E-state index is 0.00707. The minimum atomic E-state index is -3.89. The van der Waals surface area contributed by atoms with Gasteiger partial charge in [0.25, 0.3) is 10.0 Å². The van der Waals surface area contributed by atoms with Gasteiger partial charge >= 0.3 is 0 Å². The summed E-state index contributed by atoms with van der Waals surface area (Å²) in [5.74, 6) is 0.477. The molecule has 1 aliphatic heterocycles. The highest BCUT2D eigenvalue weighted by molar-refractivity contribution is 7.92. The number of benzene rings is 2. The maximum Gasteiger partial charge on any atom is 0.263 e. The molecule has 134 valence electrons. The summed E-state index contributed by atoms with van der Waals surface area (Å²) >= 11 is 12.2. The number of nitrogens with one attached hydrogen (secondary N) is 2. The molecule has 0 saturated carbocycles. The van der Waals surface area contributed by atoms with Crippen molar-refractivity contribution in [1.29, 1.82) is 0 Å². The van der Waals surface area contributed by atoms with Gasteiger partial charge in [-0.05, 0) is 37.1 Å². The second-order valence-electron chi connectivity index (χ2n) is 5.87. The van der Waals surface area contributed by atoms with Crippen LogP contribution >= 0.6 is 23.2 Å². The Hall–Kier alpha value is -1.63. The van der Waals surface area contributed by atoms with E-state index in [2.05, 4.69) is 10.0 Å². The van der Waals surface area contributed by atoms with Crippen molar-refractivity contribution in [2.75, 3.05) is 16.6 Å². The van der Waals surface area contributed by atoms with Gasteiger partial charge in [-0.3, -0.25) is 4.72 Å². The zero-order valence-corrected chi connectivity index (χ0v) is 16.1. The molecule has 8 heteroatoms. The molecule has 0 fully saturated rings. The lowest BCUT2D eigenvalue weighted by Crippen LogP contribution is -2.30. The van der Waals surface area contributed by atoms with Crippen LogP contribution in [0, 0.1) is 6.92 Å². The van der Waals surface area contributed by atoms with Gasteiger partial charge in [0.15, 0.2) is 0 Å². The van der Waals surface area contributed by atoms with Crippen LogP contribution in [0.5, 0.6) is 5.75 Å². The lowest BCUT2D eigenvalue weighted by atomic mass is 10.2. The highest BCUT2D eigenvalue weighted by atomic mass is 35.5. The summed E-state index contributed by atoms with van der Waals surface area (Å²) < 4.78 is 34.0. The Morgan fingerprint density at radius 1 is 1.28 bits per heavy atom. The predicted molar refractivity (Wildman–Crippen MR) is 102 cm³/mol. The molecule has 0 radical (unpaired) electrons. The molecular formula is C17H18Cl2N2O3S. The van der Waals surface area contributed by atoms with Crippen LogP contribution in [0.3, 0.4) is 0 Å². The fraction of sp³-hybridized carbons (Fsp3) is 0.294. The highest BCUT2D eigenvalue weighted by Crippen LogP contribution is 2.37. The van der Waals surface area contributed by atoms with Crippen LogP contribution in [0.25, 0.3) is 0 Å². The number of fused-ring (bicyclic) bond motifs is 1. The third kappa shape index (κ3) is 3.81. The molecule has 2 N–H and O–H groups in total. The molecule has 1 unspecified atom stereocenters. The van der Waals surface area contributed by atoms with Gasteiger partial charge in [-0.1, -0.05) is 36.2 Å². The van der Waals surface area contributed by atoms with Crippen LogP contribution in [0.2, 0.25) is 10.0 Å². The highest BCUT2D eigenvalue weighted by Gasteiger charge is 2.25. The van der Waals surface area contributed by atoms with Crippen LogP contribution in [-0.2, 0) is 10.0 Å². The van der Waals surface area contributed by atoms with E-state index in [1.807, 2.05) is 6.92 Å². The topological polar surface area (TPSA) is 67.4 Å². The SMILES string of the molecule is CCC1CNc2cc(Cl)c(S(=O)(=O)Nc3cc(Cl)ccc3C)cc2O1. The number of halogens is 2. The summed E-state index contributed by atoms with van der Waals surface area (Å²) in [6.07, 6.45) is 0.810. The fourth-order valence-electron chi connectivity index (χ4n) is 2.55. The molecule has 0 saturated heterocycles. The monoisotopic (exact) mass is 400 g/mol. The van der Waals surface area contributed by atoms with E-state index in [0.29, 0.717) is 28.7 Å². The zero-order valence-electron chi connectivity index (χ0n) is 13.8. The molecule has 0 aliphatic carbocycles. The van der Waals surface area contributed by atoms with E-state index in [1.54, 1.807) is 31.2 Å². The summed E-state index contributed by atoms with van der Waals surface area (Å²) in [7, 11) is -3.89. The van der Waals surface area contributed by atoms with Gasteiger partial charge in [-0.15, -0.1) is 0 Å². The first-order valence-electron chi connectivity index (χ1n) is 7.83. The van der Waals surface area contributed by atoms with Crippen LogP contribution in [-0.4, -0.2) is 21.1 Å². The lowest BCUT2D eigenvalue weighted by Gasteiger charge is -2.27. The molecule has 0 bridgehead atoms. The zero-order chi connectivity index (χ0) is 18.2. The van der Waals surface area contributed by atoms with Crippen molar-refractivity contribution in [1.82, 2.24) is 0 Å². The van der Waals surface area contributed by atoms with E-state index in [-0.39, 0.29) is 16.0 Å². The number of anilines is 2. The first kappa shape index (κ1) is 18.2. The Labute approximate surface area is 157 Å². The minimum Gasteiger partial charge on any atom is -0.486 e. The van der Waals surface area contributed by atoms with Crippen molar-refractivity contribution < 1.29 is 13.2 Å². The summed E-state index contributed by atoms with van der Waals surface area (Å²) in [4.78, 5) is -0.0363. The number of aryl methyl sites for hydroxylation is 1. The Morgan fingerprint density at radius 2 is 2.04 bits per heavy atom. The van der Waals surface area contributed by atoms with E-state index in [9.17, 15) is 8.42 Å². The van der Waals surface area contributed by atoms with Crippen LogP contribution < -0.4 is 14.8 Å². The number of ether oxygens (including phenoxy) is 1. The first-order chi connectivity index (χ1) is 11.8. The van der Waals surface area contributed by atoms with E-state index in [0.717, 1.165) is 12.0 Å². The maximum atomic E-state index is 12.8. The van der Waals surface area contributed by atoms with E-state index < -0.39 is 10.0 Å². The largest absolute Gasteiger partial charge is 0.486 e. The van der Waals surface area contributed by atoms with Crippen molar-refractivity contribution in [3.8, 4) is 5.75 Å². The maximum absolute atomic E-state index is 12.8. The Bertz CT molecular complexity index is 916. The van der Waals surface area contributed by atoms with Crippen molar-refractivity contribution in [2.24, 2.45) is 0 Å². The average molecular weight is 401 g/mol. The number of rotatable bonds is 4. The summed E-state index contributed by atoms with van der Waals surface area (Å²) in [6, 6.07) is 8.03. The van der Waals surface area contributed by atoms with Crippen molar-refractivity contribution in [3.05, 3.63) is 45.9 Å². The molecule has 3 rings (SSSR count). The first-order valence-corrected chi connectivity index (χ1v) is 10.1. The summed E-state index contributed by atoms with van der Waals surface area (Å²) in [5.41, 5.74) is 1.85. The predicted octanol–water partition coefficient (Wildman–Crippen LogP) is 4.69. The summed E-state index contributed by atoms with van der Waals surface area (Å²) in [5, 5.41) is 3.77. The number of hydrogen-bond donors (Lipinski definition) is 2. The molecule has 25 heavy (non-hydrogen) atoms. The second-order valence-corrected chi connectivity index (χ2v) is 8.37. The van der Waals surface area contributed by atoms with Gasteiger partial charge in [0, 0.05) is 11.1 Å². The Morgan fingerprint density at radius 3 is 2.76 bits per heavy atom. The van der Waals surface area contributed by atoms with Crippen LogP contribution in [0.4, 0.5) is 11.4 Å². The quantitative estimate of drug-likeness (QED) is 0.780. The molecule has 1 atom stereocenters. The van der Waals surface area contributed by atoms with Crippen molar-refractivity contribution >= 4 is 44.6 Å². The van der Waals surface area contributed by atoms with Crippen molar-refractivity contribution in [2.45, 2.75) is 31.3 Å². The molecular weight excluding hydrogens is 383 g/mol. The number of sulfonamides is 1. The van der Waals surface area contributed by atoms with Gasteiger partial charge in [-0.25, -0.2) is 8.42 Å². The van der Waals surface area contributed by atoms with Crippen molar-refractivity contribution in [3.63, 3.8) is 0 Å². The number of hydrogen-bond acceptors (Lipinski definition) is 4. The summed E-state index contributed by atoms with van der Waals surface area (Å²) in [6.45, 7) is 4.46. The molecule has 0 aromatic heterocycles. The van der Waals surface area contributed by atoms with Gasteiger partial charge in [0.1, 0.15) is 16.7 Å². The molecule has 1 heterocycles.